The van der Waals surface area contributed by atoms with E-state index in [0.29, 0.717) is 5.92 Å². The first-order valence-corrected chi connectivity index (χ1v) is 15.4. The third-order valence-corrected chi connectivity index (χ3v) is 8.19. The monoisotopic (exact) mass is 662 g/mol. The second kappa shape index (κ2) is 15.3. The van der Waals surface area contributed by atoms with Crippen LogP contribution in [0.1, 0.15) is 103 Å². The van der Waals surface area contributed by atoms with E-state index in [2.05, 4.69) is 149 Å². The molecule has 3 heteroatoms. The Morgan fingerprint density at radius 3 is 1.83 bits per heavy atom. The Bertz CT molecular complexity index is 1310. The second-order valence-corrected chi connectivity index (χ2v) is 15.1. The summed E-state index contributed by atoms with van der Waals surface area (Å²) in [6, 6.07) is 23.8. The Balaban J connectivity index is 0.000000352. The van der Waals surface area contributed by atoms with E-state index in [0.717, 1.165) is 6.42 Å². The fourth-order valence-electron chi connectivity index (χ4n) is 4.83. The van der Waals surface area contributed by atoms with Crippen LogP contribution in [-0.2, 0) is 41.5 Å². The van der Waals surface area contributed by atoms with E-state index in [9.17, 15) is 0 Å². The average molecular weight is 665 g/mol. The van der Waals surface area contributed by atoms with Crippen LogP contribution in [0.15, 0.2) is 71.8 Å². The van der Waals surface area contributed by atoms with E-state index in [1.807, 2.05) is 0 Å². The quantitative estimate of drug-likeness (QED) is 0.270. The van der Waals surface area contributed by atoms with Gasteiger partial charge in [0.25, 0.3) is 0 Å². The number of aryl methyl sites for hydroxylation is 1. The zero-order valence-electron chi connectivity index (χ0n) is 26.8. The summed E-state index contributed by atoms with van der Waals surface area (Å²) in [7, 11) is 0. The van der Waals surface area contributed by atoms with Crippen LogP contribution >= 0.6 is 0 Å². The van der Waals surface area contributed by atoms with Gasteiger partial charge in [0.2, 0.25) is 0 Å². The van der Waals surface area contributed by atoms with Crippen molar-refractivity contribution in [1.82, 2.24) is 0 Å². The van der Waals surface area contributed by atoms with E-state index >= 15 is 0 Å². The van der Waals surface area contributed by atoms with Crippen molar-refractivity contribution >= 4 is 3.21 Å². The van der Waals surface area contributed by atoms with Crippen LogP contribution in [0.25, 0.3) is 11.1 Å². The molecule has 0 radical (unpaired) electrons. The Kier molecular flexibility index (Phi) is 14.0. The molecule has 0 fully saturated rings. The number of hydrogen-bond acceptors (Lipinski definition) is 0. The summed E-state index contributed by atoms with van der Waals surface area (Å²) in [6.45, 7) is 24.3. The van der Waals surface area contributed by atoms with Crippen LogP contribution in [-0.4, -0.2) is 3.21 Å². The normalized spacial score (nSPS) is 14.9. The fraction of sp³-hybridized carbons (Fsp3) is 0.395. The molecule has 0 saturated carbocycles. The molecule has 3 aromatic rings. The number of halogens is 2. The largest absolute Gasteiger partial charge is 1.00 e. The molecule has 0 N–H and O–H groups in total. The minimum absolute atomic E-state index is 0. The van der Waals surface area contributed by atoms with Crippen molar-refractivity contribution in [1.29, 1.82) is 0 Å². The fourth-order valence-corrected chi connectivity index (χ4v) is 5.24. The molecule has 2 aliphatic carbocycles. The zero-order valence-corrected chi connectivity index (χ0v) is 30.8. The summed E-state index contributed by atoms with van der Waals surface area (Å²) < 4.78 is 1.46. The third-order valence-electron chi connectivity index (χ3n) is 7.48. The van der Waals surface area contributed by atoms with Gasteiger partial charge in [-0.25, -0.2) is 11.1 Å². The van der Waals surface area contributed by atoms with Crippen molar-refractivity contribution in [3.8, 4) is 11.1 Å². The predicted molar refractivity (Wildman–Crippen MR) is 167 cm³/mol. The number of benzene rings is 3. The molecule has 218 valence electrons. The molecule has 2 aliphatic rings. The van der Waals surface area contributed by atoms with Crippen LogP contribution in [0, 0.1) is 25.0 Å². The molecule has 3 aromatic carbocycles. The standard InChI is InChI=1S/C21H25.C9H10.C8H11.2ClH.Zr/c1-20(2,3)16-7-9-18-14(12-16)11-15-13-17(21(4,5)6)8-10-19(15)18;1-3-9-6-4-8(2)5-7-9;1-6-4-7(2)8(3)5-6;;;/h7-10,12H,11H2,1-6H3;4-7H,1-2H3;4,6H,1-3H3;2*1H;/q-1;;-1;;;+2/p-2. The molecule has 0 nitrogen and oxygen atoms in total. The minimum Gasteiger partial charge on any atom is -1.00 e. The van der Waals surface area contributed by atoms with Gasteiger partial charge < -0.3 is 24.8 Å². The summed E-state index contributed by atoms with van der Waals surface area (Å²) >= 11 is 1.51. The molecule has 0 bridgehead atoms. The van der Waals surface area contributed by atoms with Crippen molar-refractivity contribution in [3.63, 3.8) is 0 Å². The molecular formula is C38H46Cl2Zr-2. The number of fused-ring (bicyclic) bond motifs is 3. The molecule has 0 saturated heterocycles. The van der Waals surface area contributed by atoms with Crippen LogP contribution in [0.3, 0.4) is 0 Å². The van der Waals surface area contributed by atoms with E-state index in [1.165, 1.54) is 83.1 Å². The second-order valence-electron chi connectivity index (χ2n) is 13.2. The first-order valence-electron chi connectivity index (χ1n) is 14.2. The topological polar surface area (TPSA) is 0 Å². The van der Waals surface area contributed by atoms with E-state index in [-0.39, 0.29) is 35.6 Å². The molecule has 1 unspecified atom stereocenters. The number of allylic oxidation sites excluding steroid dienone is 4. The summed E-state index contributed by atoms with van der Waals surface area (Å²) in [5.41, 5.74) is 14.1. The number of rotatable bonds is 1. The summed E-state index contributed by atoms with van der Waals surface area (Å²) in [5, 5.41) is 0. The molecule has 1 atom stereocenters. The minimum atomic E-state index is 0. The Morgan fingerprint density at radius 1 is 0.805 bits per heavy atom. The van der Waals surface area contributed by atoms with Gasteiger partial charge in [-0.05, 0) is 28.4 Å². The predicted octanol–water partition coefficient (Wildman–Crippen LogP) is 4.08. The van der Waals surface area contributed by atoms with Gasteiger partial charge in [-0.15, -0.1) is 18.1 Å². The molecule has 41 heavy (non-hydrogen) atoms. The van der Waals surface area contributed by atoms with Crippen LogP contribution in [0.4, 0.5) is 0 Å². The average Bonchev–Trinajstić information content (AvgIpc) is 3.35. The zero-order chi connectivity index (χ0) is 29.1. The van der Waals surface area contributed by atoms with Crippen molar-refractivity contribution in [2.75, 3.05) is 0 Å². The van der Waals surface area contributed by atoms with Crippen LogP contribution < -0.4 is 24.8 Å². The maximum absolute atomic E-state index is 3.67. The maximum atomic E-state index is 3.67. The van der Waals surface area contributed by atoms with Crippen molar-refractivity contribution < 1.29 is 49.0 Å². The summed E-state index contributed by atoms with van der Waals surface area (Å²) in [4.78, 5) is 0. The van der Waals surface area contributed by atoms with Gasteiger partial charge >= 0.3 is 76.7 Å². The van der Waals surface area contributed by atoms with Crippen molar-refractivity contribution in [2.24, 2.45) is 5.92 Å². The van der Waals surface area contributed by atoms with E-state index in [1.54, 1.807) is 0 Å². The van der Waals surface area contributed by atoms with Crippen LogP contribution in [0.2, 0.25) is 0 Å². The molecule has 0 aliphatic heterocycles. The molecular weight excluding hydrogens is 619 g/mol. The number of hydrogen-bond donors (Lipinski definition) is 0. The maximum Gasteiger partial charge on any atom is -1.00 e. The Hall–Kier alpha value is -1.53. The molecule has 0 aromatic heterocycles. The van der Waals surface area contributed by atoms with Gasteiger partial charge in [-0.2, -0.15) is 29.8 Å². The summed E-state index contributed by atoms with van der Waals surface area (Å²) in [5.74, 6) is 0.551. The molecule has 5 rings (SSSR count). The third kappa shape index (κ3) is 10.3. The smallest absolute Gasteiger partial charge is 1.00 e. The van der Waals surface area contributed by atoms with Gasteiger partial charge in [-0.1, -0.05) is 85.1 Å². The Labute approximate surface area is 278 Å². The van der Waals surface area contributed by atoms with Gasteiger partial charge in [0.15, 0.2) is 0 Å². The van der Waals surface area contributed by atoms with Crippen molar-refractivity contribution in [2.45, 2.75) is 93.4 Å². The van der Waals surface area contributed by atoms with Crippen LogP contribution in [0.5, 0.6) is 0 Å². The first-order chi connectivity index (χ1) is 18.1. The first kappa shape index (κ1) is 37.5. The van der Waals surface area contributed by atoms with Gasteiger partial charge in [-0.3, -0.25) is 6.08 Å². The summed E-state index contributed by atoms with van der Waals surface area (Å²) in [6.07, 6.45) is 6.55. The van der Waals surface area contributed by atoms with E-state index in [4.69, 9.17) is 0 Å². The van der Waals surface area contributed by atoms with Gasteiger partial charge in [0.1, 0.15) is 0 Å². The Morgan fingerprint density at radius 2 is 1.39 bits per heavy atom. The van der Waals surface area contributed by atoms with Gasteiger partial charge in [0, 0.05) is 0 Å². The van der Waals surface area contributed by atoms with E-state index < -0.39 is 0 Å². The van der Waals surface area contributed by atoms with Crippen molar-refractivity contribution in [3.05, 3.63) is 117 Å². The SMILES string of the molecule is CC(C)(C)c1[c-]c2c(cc1)-c1ccc(C(C)(C)C)cc1C2.CC1=[C-]C(C)C=C1C.C[C](=[Zr+2])c1ccc(C)cc1.[Cl-].[Cl-]. The molecule has 0 spiro atoms. The molecule has 0 amide bonds. The molecule has 0 heterocycles. The van der Waals surface area contributed by atoms with Gasteiger partial charge in [0.05, 0.1) is 0 Å².